The van der Waals surface area contributed by atoms with Crippen LogP contribution in [0.25, 0.3) is 0 Å². The minimum atomic E-state index is -0.623. The lowest BCUT2D eigenvalue weighted by Crippen LogP contribution is -2.47. The number of pyridine rings is 1. The number of carbonyl (C=O) groups is 2. The second kappa shape index (κ2) is 8.58. The van der Waals surface area contributed by atoms with Gasteiger partial charge >= 0.3 is 0 Å². The Morgan fingerprint density at radius 1 is 1.37 bits per heavy atom. The van der Waals surface area contributed by atoms with Gasteiger partial charge in [0.1, 0.15) is 34.6 Å². The number of hydrogen-bond acceptors (Lipinski definition) is 5. The second-order valence-electron chi connectivity index (χ2n) is 6.10. The predicted octanol–water partition coefficient (Wildman–Crippen LogP) is 3.11. The predicted molar refractivity (Wildman–Crippen MR) is 99.5 cm³/mol. The van der Waals surface area contributed by atoms with Crippen molar-refractivity contribution in [2.75, 3.05) is 26.3 Å². The summed E-state index contributed by atoms with van der Waals surface area (Å²) >= 11 is 3.26. The highest BCUT2D eigenvalue weighted by atomic mass is 79.9. The van der Waals surface area contributed by atoms with Crippen molar-refractivity contribution in [2.45, 2.75) is 13.0 Å². The minimum Gasteiger partial charge on any atom is -0.491 e. The number of Topliss-reactive ketones (excluding diaryl/α,β-unsaturated/α-hetero) is 1. The van der Waals surface area contributed by atoms with E-state index in [1.807, 2.05) is 0 Å². The van der Waals surface area contributed by atoms with Crippen LogP contribution in [-0.2, 0) is 4.74 Å². The van der Waals surface area contributed by atoms with Gasteiger partial charge in [-0.1, -0.05) is 6.07 Å². The van der Waals surface area contributed by atoms with Gasteiger partial charge in [-0.15, -0.1) is 0 Å². The summed E-state index contributed by atoms with van der Waals surface area (Å²) < 4.78 is 25.7. The third-order valence-electron chi connectivity index (χ3n) is 4.12. The third kappa shape index (κ3) is 4.90. The Balaban J connectivity index is 1.59. The van der Waals surface area contributed by atoms with Crippen LogP contribution in [0.5, 0.6) is 5.75 Å². The molecule has 2 aromatic rings. The molecule has 1 aromatic heterocycles. The van der Waals surface area contributed by atoms with Crippen LogP contribution in [0.15, 0.2) is 41.0 Å². The monoisotopic (exact) mass is 436 g/mol. The van der Waals surface area contributed by atoms with Gasteiger partial charge in [-0.3, -0.25) is 9.59 Å². The zero-order valence-corrected chi connectivity index (χ0v) is 16.2. The third-order valence-corrected chi connectivity index (χ3v) is 4.56. The van der Waals surface area contributed by atoms with Crippen molar-refractivity contribution in [1.29, 1.82) is 0 Å². The second-order valence-corrected chi connectivity index (χ2v) is 6.91. The van der Waals surface area contributed by atoms with Crippen molar-refractivity contribution in [3.05, 3.63) is 58.1 Å². The van der Waals surface area contributed by atoms with E-state index in [1.165, 1.54) is 25.1 Å². The molecule has 6 nitrogen and oxygen atoms in total. The molecule has 1 aliphatic rings. The van der Waals surface area contributed by atoms with Gasteiger partial charge in [0.15, 0.2) is 5.78 Å². The Labute approximate surface area is 164 Å². The Morgan fingerprint density at radius 2 is 2.19 bits per heavy atom. The Bertz CT molecular complexity index is 861. The maximum atomic E-state index is 13.9. The molecule has 1 aromatic carbocycles. The van der Waals surface area contributed by atoms with Crippen LogP contribution in [0.4, 0.5) is 4.39 Å². The highest BCUT2D eigenvalue weighted by Gasteiger charge is 2.26. The molecular formula is C19H18BrFN2O4. The first-order valence-corrected chi connectivity index (χ1v) is 9.20. The summed E-state index contributed by atoms with van der Waals surface area (Å²) in [5, 5.41) is 0. The van der Waals surface area contributed by atoms with Gasteiger partial charge in [0.2, 0.25) is 0 Å². The quantitative estimate of drug-likeness (QED) is 0.531. The molecule has 0 N–H and O–H groups in total. The number of aromatic nitrogens is 1. The normalized spacial score (nSPS) is 16.9. The summed E-state index contributed by atoms with van der Waals surface area (Å²) in [4.78, 5) is 29.7. The fraction of sp³-hybridized carbons (Fsp3) is 0.316. The first kappa shape index (κ1) is 19.4. The van der Waals surface area contributed by atoms with Gasteiger partial charge in [0, 0.05) is 12.6 Å². The van der Waals surface area contributed by atoms with Crippen molar-refractivity contribution in [3.8, 4) is 5.75 Å². The van der Waals surface area contributed by atoms with E-state index < -0.39 is 5.82 Å². The lowest BCUT2D eigenvalue weighted by atomic mass is 10.1. The van der Waals surface area contributed by atoms with Crippen molar-refractivity contribution in [1.82, 2.24) is 9.88 Å². The number of benzene rings is 1. The number of nitrogens with zero attached hydrogens (tertiary/aromatic N) is 2. The number of carbonyl (C=O) groups excluding carboxylic acids is 2. The number of ketones is 1. The molecule has 142 valence electrons. The fourth-order valence-electron chi connectivity index (χ4n) is 2.75. The van der Waals surface area contributed by atoms with Gasteiger partial charge in [-0.25, -0.2) is 9.37 Å². The van der Waals surface area contributed by atoms with Crippen molar-refractivity contribution in [2.24, 2.45) is 0 Å². The van der Waals surface area contributed by atoms with Crippen molar-refractivity contribution < 1.29 is 23.5 Å². The molecule has 1 fully saturated rings. The lowest BCUT2D eigenvalue weighted by molar-refractivity contribution is -0.0403. The fourth-order valence-corrected chi connectivity index (χ4v) is 3.10. The highest BCUT2D eigenvalue weighted by molar-refractivity contribution is 9.10. The average Bonchev–Trinajstić information content (AvgIpc) is 2.66. The van der Waals surface area contributed by atoms with Gasteiger partial charge in [-0.2, -0.15) is 0 Å². The van der Waals surface area contributed by atoms with Gasteiger partial charge in [0.25, 0.3) is 5.91 Å². The molecule has 1 atom stereocenters. The number of morpholine rings is 1. The average molecular weight is 437 g/mol. The van der Waals surface area contributed by atoms with Crippen LogP contribution >= 0.6 is 15.9 Å². The summed E-state index contributed by atoms with van der Waals surface area (Å²) in [6.07, 6.45) is -0.342. The van der Waals surface area contributed by atoms with E-state index >= 15 is 0 Å². The summed E-state index contributed by atoms with van der Waals surface area (Å²) in [5.74, 6) is -0.841. The SMILES string of the molecule is CC(=O)c1ccc(OCC2CN(C(=O)c3cccc(Br)n3)CCO2)cc1F. The zero-order valence-electron chi connectivity index (χ0n) is 14.7. The molecule has 0 spiro atoms. The zero-order chi connectivity index (χ0) is 19.4. The van der Waals surface area contributed by atoms with Crippen LogP contribution in [0, 0.1) is 5.82 Å². The maximum Gasteiger partial charge on any atom is 0.272 e. The topological polar surface area (TPSA) is 68.7 Å². The van der Waals surface area contributed by atoms with E-state index in [9.17, 15) is 14.0 Å². The molecule has 1 saturated heterocycles. The van der Waals surface area contributed by atoms with Crippen LogP contribution in [0.3, 0.4) is 0 Å². The molecule has 1 amide bonds. The van der Waals surface area contributed by atoms with E-state index in [2.05, 4.69) is 20.9 Å². The van der Waals surface area contributed by atoms with E-state index in [0.717, 1.165) is 0 Å². The number of halogens is 2. The molecule has 0 aliphatic carbocycles. The molecule has 1 unspecified atom stereocenters. The number of ether oxygens (including phenoxy) is 2. The van der Waals surface area contributed by atoms with Crippen LogP contribution in [0.1, 0.15) is 27.8 Å². The Kier molecular flexibility index (Phi) is 6.18. The first-order chi connectivity index (χ1) is 12.9. The minimum absolute atomic E-state index is 0.0227. The van der Waals surface area contributed by atoms with E-state index in [0.29, 0.717) is 35.7 Å². The highest BCUT2D eigenvalue weighted by Crippen LogP contribution is 2.18. The van der Waals surface area contributed by atoms with E-state index in [-0.39, 0.29) is 30.0 Å². The molecule has 0 saturated carbocycles. The molecule has 8 heteroatoms. The molecule has 0 bridgehead atoms. The molecule has 2 heterocycles. The summed E-state index contributed by atoms with van der Waals surface area (Å²) in [7, 11) is 0. The molecular weight excluding hydrogens is 419 g/mol. The number of hydrogen-bond donors (Lipinski definition) is 0. The van der Waals surface area contributed by atoms with Crippen molar-refractivity contribution >= 4 is 27.6 Å². The van der Waals surface area contributed by atoms with E-state index in [1.54, 1.807) is 23.1 Å². The molecule has 0 radical (unpaired) electrons. The Morgan fingerprint density at radius 3 is 2.89 bits per heavy atom. The molecule has 27 heavy (non-hydrogen) atoms. The van der Waals surface area contributed by atoms with Gasteiger partial charge in [0.05, 0.1) is 18.7 Å². The van der Waals surface area contributed by atoms with Crippen LogP contribution in [0.2, 0.25) is 0 Å². The van der Waals surface area contributed by atoms with Gasteiger partial charge in [-0.05, 0) is 47.1 Å². The smallest absolute Gasteiger partial charge is 0.272 e. The standard InChI is InChI=1S/C19H18BrFN2O4/c1-12(24)15-6-5-13(9-16(15)21)27-11-14-10-23(7-8-26-14)19(25)17-3-2-4-18(20)22-17/h2-6,9,14H,7-8,10-11H2,1H3. The first-order valence-electron chi connectivity index (χ1n) is 8.41. The van der Waals surface area contributed by atoms with Crippen LogP contribution in [-0.4, -0.2) is 54.0 Å². The summed E-state index contributed by atoms with van der Waals surface area (Å²) in [6, 6.07) is 9.27. The molecule has 1 aliphatic heterocycles. The van der Waals surface area contributed by atoms with Crippen molar-refractivity contribution in [3.63, 3.8) is 0 Å². The lowest BCUT2D eigenvalue weighted by Gasteiger charge is -2.32. The number of rotatable bonds is 5. The Hall–Kier alpha value is -2.32. The summed E-state index contributed by atoms with van der Waals surface area (Å²) in [6.45, 7) is 2.66. The number of amides is 1. The summed E-state index contributed by atoms with van der Waals surface area (Å²) in [5.41, 5.74) is 0.377. The van der Waals surface area contributed by atoms with E-state index in [4.69, 9.17) is 9.47 Å². The molecule has 3 rings (SSSR count). The van der Waals surface area contributed by atoms with Crippen LogP contribution < -0.4 is 4.74 Å². The maximum absolute atomic E-state index is 13.9. The largest absolute Gasteiger partial charge is 0.491 e. The van der Waals surface area contributed by atoms with Gasteiger partial charge < -0.3 is 14.4 Å².